The van der Waals surface area contributed by atoms with Gasteiger partial charge in [0.15, 0.2) is 0 Å². The lowest BCUT2D eigenvalue weighted by Gasteiger charge is -2.26. The van der Waals surface area contributed by atoms with Gasteiger partial charge in [-0.25, -0.2) is 0 Å². The molecule has 0 spiro atoms. The molecule has 0 aliphatic carbocycles. The number of amides is 1. The van der Waals surface area contributed by atoms with Crippen LogP contribution in [-0.4, -0.2) is 10.9 Å². The van der Waals surface area contributed by atoms with Gasteiger partial charge in [0.25, 0.3) is 5.56 Å². The molecule has 4 nitrogen and oxygen atoms in total. The molecule has 1 N–H and O–H groups in total. The van der Waals surface area contributed by atoms with Gasteiger partial charge in [0.05, 0.1) is 12.1 Å². The third-order valence-corrected chi connectivity index (χ3v) is 4.90. The fraction of sp³-hybridized carbons (Fsp3) is 0.304. The van der Waals surface area contributed by atoms with Crippen molar-refractivity contribution in [3.05, 3.63) is 75.1 Å². The molecule has 0 aliphatic rings. The predicted molar refractivity (Wildman–Crippen MR) is 111 cm³/mol. The first-order valence-electron chi connectivity index (χ1n) is 9.28. The summed E-state index contributed by atoms with van der Waals surface area (Å²) >= 11 is 0. The van der Waals surface area contributed by atoms with Gasteiger partial charge in [-0.1, -0.05) is 49.7 Å². The van der Waals surface area contributed by atoms with E-state index >= 15 is 0 Å². The lowest BCUT2D eigenvalue weighted by atomic mass is 10.1. The zero-order chi connectivity index (χ0) is 19.7. The number of rotatable bonds is 4. The summed E-state index contributed by atoms with van der Waals surface area (Å²) in [5, 5.41) is 0.974. The van der Waals surface area contributed by atoms with E-state index in [9.17, 15) is 9.59 Å². The number of carbonyl (C=O) groups is 1. The maximum Gasteiger partial charge on any atom is 0.253 e. The van der Waals surface area contributed by atoms with Crippen molar-refractivity contribution in [1.29, 1.82) is 0 Å². The first-order valence-corrected chi connectivity index (χ1v) is 9.28. The molecule has 0 unspecified atom stereocenters. The van der Waals surface area contributed by atoms with Crippen LogP contribution in [0.5, 0.6) is 0 Å². The van der Waals surface area contributed by atoms with E-state index in [4.69, 9.17) is 0 Å². The normalized spacial score (nSPS) is 11.2. The Bertz CT molecular complexity index is 1060. The molecule has 1 heterocycles. The van der Waals surface area contributed by atoms with Gasteiger partial charge in [-0.3, -0.25) is 9.59 Å². The minimum absolute atomic E-state index is 0.00527. The number of nitrogens with zero attached hydrogens (tertiary/aromatic N) is 1. The van der Waals surface area contributed by atoms with Crippen LogP contribution in [0.3, 0.4) is 0 Å². The Kier molecular flexibility index (Phi) is 5.17. The van der Waals surface area contributed by atoms with Crippen molar-refractivity contribution in [2.45, 2.75) is 41.2 Å². The SMILES string of the molecule is Cc1ccc(N(Cc2cc3cccc(C)c3[nH]c2=O)C(=O)C(C)C)c(C)c1. The van der Waals surface area contributed by atoms with Crippen molar-refractivity contribution in [3.8, 4) is 0 Å². The number of H-pyrrole nitrogens is 1. The number of nitrogens with one attached hydrogen (secondary N) is 1. The van der Waals surface area contributed by atoms with Gasteiger partial charge in [0.2, 0.25) is 5.91 Å². The Hall–Kier alpha value is -2.88. The molecule has 0 bridgehead atoms. The number of aryl methyl sites for hydroxylation is 3. The summed E-state index contributed by atoms with van der Waals surface area (Å²) < 4.78 is 0. The third kappa shape index (κ3) is 3.80. The molecule has 3 aromatic rings. The summed E-state index contributed by atoms with van der Waals surface area (Å²) in [6, 6.07) is 13.8. The molecule has 27 heavy (non-hydrogen) atoms. The Morgan fingerprint density at radius 1 is 1.04 bits per heavy atom. The second kappa shape index (κ2) is 7.39. The van der Waals surface area contributed by atoms with Crippen LogP contribution in [-0.2, 0) is 11.3 Å². The molecule has 4 heteroatoms. The van der Waals surface area contributed by atoms with Gasteiger partial charge in [-0.05, 0) is 49.4 Å². The number of pyridine rings is 1. The number of para-hydroxylation sites is 1. The van der Waals surface area contributed by atoms with E-state index < -0.39 is 0 Å². The zero-order valence-electron chi connectivity index (χ0n) is 16.6. The van der Waals surface area contributed by atoms with E-state index in [0.29, 0.717) is 5.56 Å². The Morgan fingerprint density at radius 2 is 1.78 bits per heavy atom. The number of carbonyl (C=O) groups excluding carboxylic acids is 1. The molecule has 0 saturated carbocycles. The zero-order valence-corrected chi connectivity index (χ0v) is 16.6. The monoisotopic (exact) mass is 362 g/mol. The molecular formula is C23H26N2O2. The number of aromatic nitrogens is 1. The van der Waals surface area contributed by atoms with Crippen LogP contribution in [0.4, 0.5) is 5.69 Å². The second-order valence-corrected chi connectivity index (χ2v) is 7.53. The largest absolute Gasteiger partial charge is 0.321 e. The van der Waals surface area contributed by atoms with E-state index in [1.165, 1.54) is 0 Å². The standard InChI is InChI=1S/C23H26N2O2/c1-14(2)23(27)25(20-10-9-15(3)11-17(20)5)13-19-12-18-8-6-7-16(4)21(18)24-22(19)26/h6-12,14H,13H2,1-5H3,(H,24,26). The van der Waals surface area contributed by atoms with Crippen LogP contribution in [0.2, 0.25) is 0 Å². The average molecular weight is 362 g/mol. The summed E-state index contributed by atoms with van der Waals surface area (Å²) in [6.45, 7) is 10.0. The predicted octanol–water partition coefficient (Wildman–Crippen LogP) is 4.64. The van der Waals surface area contributed by atoms with Gasteiger partial charge in [0, 0.05) is 17.2 Å². The number of anilines is 1. The molecule has 1 aromatic heterocycles. The Balaban J connectivity index is 2.09. The number of fused-ring (bicyclic) bond motifs is 1. The molecule has 1 amide bonds. The fourth-order valence-corrected chi connectivity index (χ4v) is 3.42. The van der Waals surface area contributed by atoms with E-state index in [0.717, 1.165) is 33.3 Å². The van der Waals surface area contributed by atoms with Crippen molar-refractivity contribution in [3.63, 3.8) is 0 Å². The highest BCUT2D eigenvalue weighted by atomic mass is 16.2. The molecule has 0 fully saturated rings. The van der Waals surface area contributed by atoms with Crippen molar-refractivity contribution >= 4 is 22.5 Å². The maximum atomic E-state index is 12.9. The van der Waals surface area contributed by atoms with Crippen molar-refractivity contribution < 1.29 is 4.79 Å². The minimum Gasteiger partial charge on any atom is -0.321 e. The van der Waals surface area contributed by atoms with Crippen molar-refractivity contribution in [2.24, 2.45) is 5.92 Å². The molecule has 0 aliphatic heterocycles. The van der Waals surface area contributed by atoms with Crippen LogP contribution in [0.25, 0.3) is 10.9 Å². The molecule has 140 valence electrons. The van der Waals surface area contributed by atoms with Gasteiger partial charge >= 0.3 is 0 Å². The van der Waals surface area contributed by atoms with Crippen molar-refractivity contribution in [1.82, 2.24) is 4.98 Å². The van der Waals surface area contributed by atoms with Crippen LogP contribution < -0.4 is 10.5 Å². The summed E-state index contributed by atoms with van der Waals surface area (Å²) in [5.41, 5.74) is 5.33. The number of aromatic amines is 1. The summed E-state index contributed by atoms with van der Waals surface area (Å²) in [5.74, 6) is -0.154. The Labute approximate surface area is 159 Å². The Morgan fingerprint density at radius 3 is 2.44 bits per heavy atom. The van der Waals surface area contributed by atoms with Crippen LogP contribution >= 0.6 is 0 Å². The van der Waals surface area contributed by atoms with E-state index in [-0.39, 0.29) is 23.9 Å². The third-order valence-electron chi connectivity index (χ3n) is 4.90. The van der Waals surface area contributed by atoms with E-state index in [1.54, 1.807) is 4.90 Å². The molecule has 0 saturated heterocycles. The van der Waals surface area contributed by atoms with Gasteiger partial charge < -0.3 is 9.88 Å². The highest BCUT2D eigenvalue weighted by molar-refractivity contribution is 5.95. The topological polar surface area (TPSA) is 53.2 Å². The molecular weight excluding hydrogens is 336 g/mol. The number of benzene rings is 2. The molecule has 2 aromatic carbocycles. The summed E-state index contributed by atoms with van der Waals surface area (Å²) in [4.78, 5) is 30.3. The lowest BCUT2D eigenvalue weighted by Crippen LogP contribution is -2.36. The maximum absolute atomic E-state index is 12.9. The van der Waals surface area contributed by atoms with Crippen LogP contribution in [0, 0.1) is 26.7 Å². The van der Waals surface area contributed by atoms with Gasteiger partial charge in [0.1, 0.15) is 0 Å². The van der Waals surface area contributed by atoms with Crippen molar-refractivity contribution in [2.75, 3.05) is 4.90 Å². The van der Waals surface area contributed by atoms with E-state index in [1.807, 2.05) is 71.0 Å². The number of hydrogen-bond acceptors (Lipinski definition) is 2. The smallest absolute Gasteiger partial charge is 0.253 e. The number of hydrogen-bond donors (Lipinski definition) is 1. The van der Waals surface area contributed by atoms with Gasteiger partial charge in [-0.15, -0.1) is 0 Å². The molecule has 0 atom stereocenters. The highest BCUT2D eigenvalue weighted by Gasteiger charge is 2.22. The molecule has 3 rings (SSSR count). The highest BCUT2D eigenvalue weighted by Crippen LogP contribution is 2.25. The quantitative estimate of drug-likeness (QED) is 0.735. The first-order chi connectivity index (χ1) is 12.8. The molecule has 0 radical (unpaired) electrons. The van der Waals surface area contributed by atoms with Crippen LogP contribution in [0.1, 0.15) is 36.1 Å². The van der Waals surface area contributed by atoms with Crippen LogP contribution in [0.15, 0.2) is 47.3 Å². The first kappa shape index (κ1) is 18.9. The lowest BCUT2D eigenvalue weighted by molar-refractivity contribution is -0.121. The summed E-state index contributed by atoms with van der Waals surface area (Å²) in [7, 11) is 0. The van der Waals surface area contributed by atoms with E-state index in [2.05, 4.69) is 11.1 Å². The summed E-state index contributed by atoms with van der Waals surface area (Å²) in [6.07, 6.45) is 0. The average Bonchev–Trinajstić information content (AvgIpc) is 2.61. The van der Waals surface area contributed by atoms with Gasteiger partial charge in [-0.2, -0.15) is 0 Å². The second-order valence-electron chi connectivity index (χ2n) is 7.53. The fourth-order valence-electron chi connectivity index (χ4n) is 3.42. The minimum atomic E-state index is -0.160.